The highest BCUT2D eigenvalue weighted by molar-refractivity contribution is 5.97. The lowest BCUT2D eigenvalue weighted by Crippen LogP contribution is -2.42. The van der Waals surface area contributed by atoms with Gasteiger partial charge in [0.2, 0.25) is 0 Å². The molecule has 146 valence electrons. The summed E-state index contributed by atoms with van der Waals surface area (Å²) in [5.41, 5.74) is -0.0568. The maximum absolute atomic E-state index is 12.4. The van der Waals surface area contributed by atoms with E-state index in [1.165, 1.54) is 0 Å². The molecule has 0 saturated carbocycles. The number of hydrogen-bond acceptors (Lipinski definition) is 5. The van der Waals surface area contributed by atoms with Crippen LogP contribution in [0, 0.1) is 0 Å². The summed E-state index contributed by atoms with van der Waals surface area (Å²) in [5, 5.41) is 2.92. The number of ether oxygens (including phenoxy) is 3. The van der Waals surface area contributed by atoms with Crippen molar-refractivity contribution < 1.29 is 19.0 Å². The molecule has 1 N–H and O–H groups in total. The minimum absolute atomic E-state index is 0.124. The van der Waals surface area contributed by atoms with Crippen molar-refractivity contribution in [2.75, 3.05) is 51.4 Å². The molecule has 0 spiro atoms. The first-order valence-electron chi connectivity index (χ1n) is 9.55. The molecule has 6 nitrogen and oxygen atoms in total. The van der Waals surface area contributed by atoms with Crippen LogP contribution in [0.5, 0.6) is 5.75 Å². The van der Waals surface area contributed by atoms with Gasteiger partial charge in [0.1, 0.15) is 11.4 Å². The lowest BCUT2D eigenvalue weighted by atomic mass is 10.0. The Kier molecular flexibility index (Phi) is 8.35. The third-order valence-corrected chi connectivity index (χ3v) is 4.72. The second-order valence-electron chi connectivity index (χ2n) is 6.65. The highest BCUT2D eigenvalue weighted by Crippen LogP contribution is 2.20. The largest absolute Gasteiger partial charge is 0.494 e. The predicted molar refractivity (Wildman–Crippen MR) is 103 cm³/mol. The second-order valence-corrected chi connectivity index (χ2v) is 6.65. The molecule has 0 aliphatic carbocycles. The molecular weight excluding hydrogens is 332 g/mol. The smallest absolute Gasteiger partial charge is 0.256 e. The molecule has 1 amide bonds. The Balaban J connectivity index is 1.74. The Morgan fingerprint density at radius 2 is 1.92 bits per heavy atom. The first-order chi connectivity index (χ1) is 12.6. The Labute approximate surface area is 156 Å². The van der Waals surface area contributed by atoms with E-state index in [1.807, 2.05) is 45.0 Å². The third kappa shape index (κ3) is 6.27. The van der Waals surface area contributed by atoms with Gasteiger partial charge < -0.3 is 19.5 Å². The number of carbonyl (C=O) groups is 1. The number of carbonyl (C=O) groups excluding carboxylic acids is 1. The van der Waals surface area contributed by atoms with E-state index >= 15 is 0 Å². The minimum atomic E-state index is -0.802. The minimum Gasteiger partial charge on any atom is -0.494 e. The van der Waals surface area contributed by atoms with Crippen molar-refractivity contribution in [2.45, 2.75) is 39.2 Å². The Morgan fingerprint density at radius 3 is 2.54 bits per heavy atom. The van der Waals surface area contributed by atoms with Gasteiger partial charge in [-0.15, -0.1) is 0 Å². The van der Waals surface area contributed by atoms with Crippen molar-refractivity contribution in [1.82, 2.24) is 4.90 Å². The number of morpholine rings is 1. The zero-order chi connectivity index (χ0) is 18.8. The Morgan fingerprint density at radius 1 is 1.23 bits per heavy atom. The Bertz CT molecular complexity index is 543. The topological polar surface area (TPSA) is 60.0 Å². The maximum Gasteiger partial charge on any atom is 0.256 e. The van der Waals surface area contributed by atoms with E-state index in [0.717, 1.165) is 50.7 Å². The van der Waals surface area contributed by atoms with Crippen LogP contribution in [0.2, 0.25) is 0 Å². The average molecular weight is 364 g/mol. The van der Waals surface area contributed by atoms with E-state index in [-0.39, 0.29) is 5.91 Å². The van der Waals surface area contributed by atoms with Crippen molar-refractivity contribution in [3.63, 3.8) is 0 Å². The van der Waals surface area contributed by atoms with Crippen molar-refractivity contribution in [3.05, 3.63) is 24.3 Å². The molecule has 1 aliphatic rings. The second kappa shape index (κ2) is 10.5. The summed E-state index contributed by atoms with van der Waals surface area (Å²) in [6.45, 7) is 11.6. The standard InChI is InChI=1S/C20H32N2O4/c1-4-20(3,26-5-2)19(23)21-17-7-9-18(10-8-17)25-14-6-11-22-12-15-24-16-13-22/h7-10H,4-6,11-16H2,1-3H3,(H,21,23). The van der Waals surface area contributed by atoms with Gasteiger partial charge in [0.15, 0.2) is 0 Å². The molecule has 1 atom stereocenters. The van der Waals surface area contributed by atoms with E-state index in [0.29, 0.717) is 19.6 Å². The number of rotatable bonds is 10. The molecule has 1 aromatic rings. The number of amides is 1. The summed E-state index contributed by atoms with van der Waals surface area (Å²) in [4.78, 5) is 14.8. The van der Waals surface area contributed by atoms with Gasteiger partial charge in [-0.1, -0.05) is 6.92 Å². The molecular formula is C20H32N2O4. The molecule has 1 fully saturated rings. The quantitative estimate of drug-likeness (QED) is 0.647. The predicted octanol–water partition coefficient (Wildman–Crippen LogP) is 2.93. The van der Waals surface area contributed by atoms with Gasteiger partial charge in [0, 0.05) is 31.9 Å². The van der Waals surface area contributed by atoms with Gasteiger partial charge in [-0.3, -0.25) is 9.69 Å². The molecule has 1 heterocycles. The molecule has 6 heteroatoms. The molecule has 1 aromatic carbocycles. The zero-order valence-electron chi connectivity index (χ0n) is 16.3. The molecule has 0 aromatic heterocycles. The number of nitrogens with zero attached hydrogens (tertiary/aromatic N) is 1. The monoisotopic (exact) mass is 364 g/mol. The van der Waals surface area contributed by atoms with Crippen molar-refractivity contribution in [3.8, 4) is 5.75 Å². The van der Waals surface area contributed by atoms with Gasteiger partial charge in [-0.2, -0.15) is 0 Å². The van der Waals surface area contributed by atoms with E-state index in [4.69, 9.17) is 14.2 Å². The van der Waals surface area contributed by atoms with Gasteiger partial charge in [0.25, 0.3) is 5.91 Å². The lowest BCUT2D eigenvalue weighted by Gasteiger charge is -2.26. The number of anilines is 1. The first kappa shape index (κ1) is 20.7. The van der Waals surface area contributed by atoms with Crippen LogP contribution in [0.3, 0.4) is 0 Å². The van der Waals surface area contributed by atoms with E-state index in [9.17, 15) is 4.79 Å². The summed E-state index contributed by atoms with van der Waals surface area (Å²) in [5.74, 6) is 0.689. The summed E-state index contributed by atoms with van der Waals surface area (Å²) >= 11 is 0. The van der Waals surface area contributed by atoms with E-state index in [1.54, 1.807) is 0 Å². The van der Waals surface area contributed by atoms with Crippen LogP contribution in [0.25, 0.3) is 0 Å². The SMILES string of the molecule is CCOC(C)(CC)C(=O)Nc1ccc(OCCCN2CCOCC2)cc1. The molecule has 0 radical (unpaired) electrons. The fourth-order valence-electron chi connectivity index (χ4n) is 2.85. The highest BCUT2D eigenvalue weighted by Gasteiger charge is 2.31. The molecule has 0 bridgehead atoms. The van der Waals surface area contributed by atoms with Gasteiger partial charge in [-0.25, -0.2) is 0 Å². The maximum atomic E-state index is 12.4. The number of benzene rings is 1. The Hall–Kier alpha value is -1.63. The molecule has 1 saturated heterocycles. The van der Waals surface area contributed by atoms with Crippen LogP contribution < -0.4 is 10.1 Å². The van der Waals surface area contributed by atoms with Crippen LogP contribution in [-0.2, 0) is 14.3 Å². The first-order valence-corrected chi connectivity index (χ1v) is 9.55. The van der Waals surface area contributed by atoms with Crippen molar-refractivity contribution in [2.24, 2.45) is 0 Å². The van der Waals surface area contributed by atoms with Crippen LogP contribution >= 0.6 is 0 Å². The van der Waals surface area contributed by atoms with Crippen molar-refractivity contribution >= 4 is 11.6 Å². The average Bonchev–Trinajstić information content (AvgIpc) is 2.67. The number of nitrogens with one attached hydrogen (secondary N) is 1. The zero-order valence-corrected chi connectivity index (χ0v) is 16.3. The fourth-order valence-corrected chi connectivity index (χ4v) is 2.85. The molecule has 1 unspecified atom stereocenters. The summed E-state index contributed by atoms with van der Waals surface area (Å²) in [7, 11) is 0. The summed E-state index contributed by atoms with van der Waals surface area (Å²) < 4.78 is 16.7. The highest BCUT2D eigenvalue weighted by atomic mass is 16.5. The van der Waals surface area contributed by atoms with Crippen LogP contribution in [0.4, 0.5) is 5.69 Å². The summed E-state index contributed by atoms with van der Waals surface area (Å²) in [6.07, 6.45) is 1.61. The van der Waals surface area contributed by atoms with Gasteiger partial charge >= 0.3 is 0 Å². The number of hydrogen-bond donors (Lipinski definition) is 1. The molecule has 1 aliphatic heterocycles. The normalized spacial score (nSPS) is 17.5. The third-order valence-electron chi connectivity index (χ3n) is 4.72. The van der Waals surface area contributed by atoms with Crippen molar-refractivity contribution in [1.29, 1.82) is 0 Å². The lowest BCUT2D eigenvalue weighted by molar-refractivity contribution is -0.139. The fraction of sp³-hybridized carbons (Fsp3) is 0.650. The van der Waals surface area contributed by atoms with Crippen LogP contribution in [-0.4, -0.2) is 62.5 Å². The van der Waals surface area contributed by atoms with Gasteiger partial charge in [0.05, 0.1) is 19.8 Å². The van der Waals surface area contributed by atoms with E-state index in [2.05, 4.69) is 10.2 Å². The van der Waals surface area contributed by atoms with E-state index < -0.39 is 5.60 Å². The van der Waals surface area contributed by atoms with Crippen LogP contribution in [0.1, 0.15) is 33.6 Å². The van der Waals surface area contributed by atoms with Gasteiger partial charge in [-0.05, 0) is 51.0 Å². The molecule has 26 heavy (non-hydrogen) atoms. The molecule has 2 rings (SSSR count). The summed E-state index contributed by atoms with van der Waals surface area (Å²) in [6, 6.07) is 7.48. The van der Waals surface area contributed by atoms with Crippen LogP contribution in [0.15, 0.2) is 24.3 Å².